The Hall–Kier alpha value is -0.420. The molecule has 0 aromatic rings. The van der Waals surface area contributed by atoms with Crippen LogP contribution in [0, 0.1) is 0 Å². The summed E-state index contributed by atoms with van der Waals surface area (Å²) in [5.74, 6) is -1.06. The molecule has 0 aromatic carbocycles. The van der Waals surface area contributed by atoms with Crippen LogP contribution in [0.15, 0.2) is 0 Å². The topological polar surface area (TPSA) is 121 Å². The highest BCUT2D eigenvalue weighted by Crippen LogP contribution is 2.35. The molecule has 0 fully saturated rings. The Kier molecular flexibility index (Phi) is 4.41. The van der Waals surface area contributed by atoms with Crippen molar-refractivity contribution >= 4 is 13.6 Å². The Balaban J connectivity index is 3.65. The standard InChI is InChI=1S/C5H12NO5P/c6-4(3-5(7)8)1-2-12(9,10)11/h4H,1-3,6H2,(H,7,8)(H2,9,10,11)/t4-/m1/s1. The Morgan fingerprint density at radius 1 is 1.50 bits per heavy atom. The average Bonchev–Trinajstić information content (AvgIpc) is 1.80. The van der Waals surface area contributed by atoms with E-state index in [9.17, 15) is 9.36 Å². The minimum atomic E-state index is -4.04. The summed E-state index contributed by atoms with van der Waals surface area (Å²) in [5.41, 5.74) is 5.26. The lowest BCUT2D eigenvalue weighted by molar-refractivity contribution is -0.137. The van der Waals surface area contributed by atoms with Crippen molar-refractivity contribution in [2.75, 3.05) is 6.16 Å². The summed E-state index contributed by atoms with van der Waals surface area (Å²) in [4.78, 5) is 26.9. The van der Waals surface area contributed by atoms with Crippen LogP contribution in [0.3, 0.4) is 0 Å². The van der Waals surface area contributed by atoms with Gasteiger partial charge in [-0.3, -0.25) is 9.36 Å². The van der Waals surface area contributed by atoms with Gasteiger partial charge in [-0.25, -0.2) is 0 Å². The van der Waals surface area contributed by atoms with E-state index in [0.717, 1.165) is 0 Å². The molecule has 0 amide bonds. The maximum atomic E-state index is 10.3. The molecule has 0 unspecified atom stereocenters. The van der Waals surface area contributed by atoms with Crippen molar-refractivity contribution in [3.8, 4) is 0 Å². The SMILES string of the molecule is N[C@H](CCP(=O)(O)O)CC(=O)O. The second kappa shape index (κ2) is 4.57. The van der Waals surface area contributed by atoms with Crippen molar-refractivity contribution in [3.63, 3.8) is 0 Å². The van der Waals surface area contributed by atoms with E-state index in [0.29, 0.717) is 0 Å². The van der Waals surface area contributed by atoms with Crippen molar-refractivity contribution in [3.05, 3.63) is 0 Å². The smallest absolute Gasteiger partial charge is 0.325 e. The number of carboxylic acids is 1. The summed E-state index contributed by atoms with van der Waals surface area (Å²) in [6, 6.07) is -0.685. The molecule has 0 aliphatic carbocycles. The molecule has 0 bridgehead atoms. The first-order chi connectivity index (χ1) is 5.31. The Morgan fingerprint density at radius 3 is 2.33 bits per heavy atom. The van der Waals surface area contributed by atoms with Gasteiger partial charge in [-0.05, 0) is 6.42 Å². The number of hydrogen-bond donors (Lipinski definition) is 4. The highest BCUT2D eigenvalue weighted by Gasteiger charge is 2.16. The Bertz CT molecular complexity index is 200. The molecule has 6 nitrogen and oxygen atoms in total. The van der Waals surface area contributed by atoms with E-state index < -0.39 is 19.6 Å². The van der Waals surface area contributed by atoms with Gasteiger partial charge < -0.3 is 20.6 Å². The van der Waals surface area contributed by atoms with Crippen molar-refractivity contribution in [1.82, 2.24) is 0 Å². The van der Waals surface area contributed by atoms with Crippen molar-refractivity contribution in [2.45, 2.75) is 18.9 Å². The second-order valence-corrected chi connectivity index (χ2v) is 4.31. The highest BCUT2D eigenvalue weighted by molar-refractivity contribution is 7.51. The monoisotopic (exact) mass is 197 g/mol. The average molecular weight is 197 g/mol. The molecule has 0 rings (SSSR count). The second-order valence-electron chi connectivity index (χ2n) is 2.53. The predicted molar refractivity (Wildman–Crippen MR) is 41.8 cm³/mol. The van der Waals surface area contributed by atoms with Crippen LogP contribution >= 0.6 is 7.60 Å². The summed E-state index contributed by atoms with van der Waals surface area (Å²) >= 11 is 0. The van der Waals surface area contributed by atoms with Gasteiger partial charge in [0.1, 0.15) is 0 Å². The van der Waals surface area contributed by atoms with Gasteiger partial charge in [0.25, 0.3) is 0 Å². The molecule has 0 saturated carbocycles. The maximum Gasteiger partial charge on any atom is 0.325 e. The van der Waals surface area contributed by atoms with E-state index in [4.69, 9.17) is 20.6 Å². The zero-order chi connectivity index (χ0) is 9.78. The first kappa shape index (κ1) is 11.6. The molecule has 0 radical (unpaired) electrons. The number of carboxylic acid groups (broad SMARTS) is 1. The van der Waals surface area contributed by atoms with Gasteiger partial charge in [0.15, 0.2) is 0 Å². The number of rotatable bonds is 5. The first-order valence-corrected chi connectivity index (χ1v) is 5.13. The van der Waals surface area contributed by atoms with Crippen molar-refractivity contribution < 1.29 is 24.3 Å². The molecule has 0 saturated heterocycles. The van der Waals surface area contributed by atoms with Gasteiger partial charge >= 0.3 is 13.6 Å². The summed E-state index contributed by atoms with van der Waals surface area (Å²) < 4.78 is 10.3. The fourth-order valence-corrected chi connectivity index (χ4v) is 1.33. The molecule has 1 atom stereocenters. The van der Waals surface area contributed by atoms with Crippen molar-refractivity contribution in [1.29, 1.82) is 0 Å². The summed E-state index contributed by atoms with van der Waals surface area (Å²) in [5, 5.41) is 8.24. The molecule has 0 heterocycles. The molecule has 7 heteroatoms. The lowest BCUT2D eigenvalue weighted by Gasteiger charge is -2.08. The summed E-state index contributed by atoms with van der Waals surface area (Å²) in [6.45, 7) is 0. The number of aliphatic carboxylic acids is 1. The zero-order valence-corrected chi connectivity index (χ0v) is 7.28. The van der Waals surface area contributed by atoms with Gasteiger partial charge in [-0.2, -0.15) is 0 Å². The van der Waals surface area contributed by atoms with Crippen LogP contribution in [0.1, 0.15) is 12.8 Å². The van der Waals surface area contributed by atoms with E-state index >= 15 is 0 Å². The largest absolute Gasteiger partial charge is 0.481 e. The van der Waals surface area contributed by atoms with Gasteiger partial charge in [0, 0.05) is 6.04 Å². The van der Waals surface area contributed by atoms with E-state index in [1.807, 2.05) is 0 Å². The number of hydrogen-bond acceptors (Lipinski definition) is 3. The van der Waals surface area contributed by atoms with Crippen LogP contribution in [0.4, 0.5) is 0 Å². The molecule has 0 spiro atoms. The fraction of sp³-hybridized carbons (Fsp3) is 0.800. The Labute approximate surface area is 69.5 Å². The van der Waals surface area contributed by atoms with Crippen LogP contribution in [-0.4, -0.2) is 33.1 Å². The molecule has 0 aliphatic heterocycles. The quantitative estimate of drug-likeness (QED) is 0.435. The minimum absolute atomic E-state index is 0.0244. The minimum Gasteiger partial charge on any atom is -0.481 e. The fourth-order valence-electron chi connectivity index (χ4n) is 0.660. The molecule has 72 valence electrons. The summed E-state index contributed by atoms with van der Waals surface area (Å²) in [7, 11) is -4.04. The van der Waals surface area contributed by atoms with E-state index in [1.54, 1.807) is 0 Å². The maximum absolute atomic E-state index is 10.3. The van der Waals surface area contributed by atoms with E-state index in [2.05, 4.69) is 0 Å². The molecule has 0 aliphatic rings. The van der Waals surface area contributed by atoms with Gasteiger partial charge in [0.05, 0.1) is 12.6 Å². The lowest BCUT2D eigenvalue weighted by Crippen LogP contribution is -2.24. The third-order valence-electron chi connectivity index (χ3n) is 1.23. The van der Waals surface area contributed by atoms with Gasteiger partial charge in [-0.15, -0.1) is 0 Å². The van der Waals surface area contributed by atoms with Gasteiger partial charge in [0.2, 0.25) is 0 Å². The molecule has 5 N–H and O–H groups in total. The van der Waals surface area contributed by atoms with Gasteiger partial charge in [-0.1, -0.05) is 0 Å². The van der Waals surface area contributed by atoms with Crippen LogP contribution < -0.4 is 5.73 Å². The van der Waals surface area contributed by atoms with Crippen LogP contribution in [0.2, 0.25) is 0 Å². The normalized spacial score (nSPS) is 14.2. The zero-order valence-electron chi connectivity index (χ0n) is 6.38. The highest BCUT2D eigenvalue weighted by atomic mass is 31.2. The molecule has 0 aromatic heterocycles. The predicted octanol–water partition coefficient (Wildman–Crippen LogP) is -0.644. The molecular weight excluding hydrogens is 185 g/mol. The van der Waals surface area contributed by atoms with Crippen molar-refractivity contribution in [2.24, 2.45) is 5.73 Å². The van der Waals surface area contributed by atoms with E-state index in [-0.39, 0.29) is 19.0 Å². The molecular formula is C5H12NO5P. The Morgan fingerprint density at radius 2 is 2.00 bits per heavy atom. The van der Waals surface area contributed by atoms with Crippen LogP contribution in [0.5, 0.6) is 0 Å². The third kappa shape index (κ3) is 7.68. The lowest BCUT2D eigenvalue weighted by atomic mass is 10.2. The van der Waals surface area contributed by atoms with Crippen LogP contribution in [-0.2, 0) is 9.36 Å². The van der Waals surface area contributed by atoms with E-state index in [1.165, 1.54) is 0 Å². The number of nitrogens with two attached hydrogens (primary N) is 1. The summed E-state index contributed by atoms with van der Waals surface area (Å²) in [6.07, 6.45) is -0.599. The number of carbonyl (C=O) groups is 1. The van der Waals surface area contributed by atoms with Crippen LogP contribution in [0.25, 0.3) is 0 Å². The first-order valence-electron chi connectivity index (χ1n) is 3.33. The molecule has 12 heavy (non-hydrogen) atoms. The third-order valence-corrected chi connectivity index (χ3v) is 2.07.